The van der Waals surface area contributed by atoms with Gasteiger partial charge in [-0.3, -0.25) is 0 Å². The molecule has 0 aliphatic carbocycles. The molecule has 0 spiro atoms. The van der Waals surface area contributed by atoms with Gasteiger partial charge in [-0.1, -0.05) is 26.8 Å². The molecule has 1 rings (SSSR count). The van der Waals surface area contributed by atoms with E-state index in [-0.39, 0.29) is 5.41 Å². The Labute approximate surface area is 103 Å². The third kappa shape index (κ3) is 3.34. The van der Waals surface area contributed by atoms with Crippen LogP contribution in [0.2, 0.25) is 0 Å². The van der Waals surface area contributed by atoms with Gasteiger partial charge >= 0.3 is 0 Å². The van der Waals surface area contributed by atoms with Crippen LogP contribution in [0.4, 0.5) is 0 Å². The monoisotopic (exact) mass is 241 g/mol. The van der Waals surface area contributed by atoms with Crippen molar-refractivity contribution in [3.63, 3.8) is 0 Å². The van der Waals surface area contributed by atoms with E-state index in [1.165, 1.54) is 0 Å². The number of hydrogen-bond acceptors (Lipinski definition) is 2. The Morgan fingerprint density at radius 3 is 2.81 bits per heavy atom. The molecule has 3 nitrogen and oxygen atoms in total. The van der Waals surface area contributed by atoms with E-state index in [9.17, 15) is 0 Å². The molecule has 1 aromatic rings. The van der Waals surface area contributed by atoms with Crippen molar-refractivity contribution in [2.75, 3.05) is 5.88 Å². The normalized spacial score (nSPS) is 15.1. The molecular weight excluding hydrogens is 222 g/mol. The molecule has 90 valence electrons. The highest BCUT2D eigenvalue weighted by Crippen LogP contribution is 2.24. The molecule has 0 fully saturated rings. The highest BCUT2D eigenvalue weighted by Gasteiger charge is 2.22. The molecule has 0 amide bonds. The van der Waals surface area contributed by atoms with Gasteiger partial charge in [-0.2, -0.15) is 5.10 Å². The molecule has 1 unspecified atom stereocenters. The first-order valence-electron chi connectivity index (χ1n) is 5.57. The van der Waals surface area contributed by atoms with E-state index in [0.717, 1.165) is 18.8 Å². The molecule has 0 aromatic carbocycles. The van der Waals surface area contributed by atoms with Gasteiger partial charge in [0.15, 0.2) is 0 Å². The summed E-state index contributed by atoms with van der Waals surface area (Å²) in [7, 11) is 0. The first-order valence-corrected chi connectivity index (χ1v) is 6.10. The Balaban J connectivity index is 2.80. The Morgan fingerprint density at radius 1 is 1.62 bits per heavy atom. The third-order valence-electron chi connectivity index (χ3n) is 2.59. The van der Waals surface area contributed by atoms with E-state index in [1.807, 2.05) is 10.8 Å². The molecule has 1 heterocycles. The molecule has 0 saturated heterocycles. The van der Waals surface area contributed by atoms with Gasteiger partial charge in [0.1, 0.15) is 12.2 Å². The van der Waals surface area contributed by atoms with Gasteiger partial charge in [0, 0.05) is 24.3 Å². The van der Waals surface area contributed by atoms with Gasteiger partial charge in [-0.05, 0) is 5.92 Å². The minimum atomic E-state index is -0.108. The van der Waals surface area contributed by atoms with Gasteiger partial charge in [-0.15, -0.1) is 18.2 Å². The van der Waals surface area contributed by atoms with Crippen LogP contribution in [0.1, 0.15) is 26.6 Å². The first kappa shape index (κ1) is 13.2. The summed E-state index contributed by atoms with van der Waals surface area (Å²) < 4.78 is 1.96. The summed E-state index contributed by atoms with van der Waals surface area (Å²) in [5.41, 5.74) is -0.108. The predicted octanol–water partition coefficient (Wildman–Crippen LogP) is 2.91. The lowest BCUT2D eigenvalue weighted by Gasteiger charge is -2.22. The number of alkyl halides is 1. The van der Waals surface area contributed by atoms with E-state index < -0.39 is 0 Å². The molecule has 16 heavy (non-hydrogen) atoms. The number of nitrogens with zero attached hydrogens (tertiary/aromatic N) is 3. The van der Waals surface area contributed by atoms with Crippen molar-refractivity contribution >= 4 is 11.6 Å². The molecule has 0 aliphatic heterocycles. The van der Waals surface area contributed by atoms with Crippen molar-refractivity contribution in [1.82, 2.24) is 14.8 Å². The van der Waals surface area contributed by atoms with Crippen LogP contribution >= 0.6 is 11.6 Å². The largest absolute Gasteiger partial charge is 0.250 e. The number of rotatable bonds is 6. The smallest absolute Gasteiger partial charge is 0.138 e. The van der Waals surface area contributed by atoms with Crippen LogP contribution in [-0.2, 0) is 13.0 Å². The molecule has 0 radical (unpaired) electrons. The fourth-order valence-electron chi connectivity index (χ4n) is 1.46. The molecule has 4 heteroatoms. The van der Waals surface area contributed by atoms with Gasteiger partial charge in [0.2, 0.25) is 0 Å². The second kappa shape index (κ2) is 5.48. The Bertz CT molecular complexity index is 346. The maximum Gasteiger partial charge on any atom is 0.138 e. The summed E-state index contributed by atoms with van der Waals surface area (Å²) in [6, 6.07) is 0. The molecule has 0 saturated carbocycles. The van der Waals surface area contributed by atoms with Crippen molar-refractivity contribution in [2.45, 2.75) is 33.7 Å². The predicted molar refractivity (Wildman–Crippen MR) is 67.6 cm³/mol. The zero-order chi connectivity index (χ0) is 12.2. The number of aromatic nitrogens is 3. The molecule has 0 N–H and O–H groups in total. The lowest BCUT2D eigenvalue weighted by atomic mass is 9.89. The van der Waals surface area contributed by atoms with E-state index >= 15 is 0 Å². The van der Waals surface area contributed by atoms with Crippen molar-refractivity contribution < 1.29 is 0 Å². The Kier molecular flexibility index (Phi) is 4.54. The highest BCUT2D eigenvalue weighted by molar-refractivity contribution is 6.18. The van der Waals surface area contributed by atoms with Crippen LogP contribution in [0.15, 0.2) is 19.0 Å². The zero-order valence-electron chi connectivity index (χ0n) is 10.3. The van der Waals surface area contributed by atoms with Crippen molar-refractivity contribution in [3.8, 4) is 0 Å². The van der Waals surface area contributed by atoms with Crippen molar-refractivity contribution in [2.24, 2.45) is 11.3 Å². The van der Waals surface area contributed by atoms with Crippen LogP contribution in [0.25, 0.3) is 0 Å². The van der Waals surface area contributed by atoms with Crippen LogP contribution in [0.5, 0.6) is 0 Å². The molecule has 1 atom stereocenters. The fraction of sp³-hybridized carbons (Fsp3) is 0.667. The van der Waals surface area contributed by atoms with Gasteiger partial charge < -0.3 is 0 Å². The second-order valence-electron chi connectivity index (χ2n) is 4.92. The lowest BCUT2D eigenvalue weighted by molar-refractivity contribution is 0.418. The van der Waals surface area contributed by atoms with Crippen molar-refractivity contribution in [3.05, 3.63) is 24.8 Å². The number of halogens is 1. The summed E-state index contributed by atoms with van der Waals surface area (Å²) in [6.07, 6.45) is 4.29. The quantitative estimate of drug-likeness (QED) is 0.566. The minimum Gasteiger partial charge on any atom is -0.250 e. The average molecular weight is 242 g/mol. The summed E-state index contributed by atoms with van der Waals surface area (Å²) in [5, 5.41) is 4.24. The Hall–Kier alpha value is -0.830. The van der Waals surface area contributed by atoms with Crippen molar-refractivity contribution in [1.29, 1.82) is 0 Å². The second-order valence-corrected chi connectivity index (χ2v) is 5.19. The summed E-state index contributed by atoms with van der Waals surface area (Å²) in [4.78, 5) is 4.30. The summed E-state index contributed by atoms with van der Waals surface area (Å²) in [5.74, 6) is 2.09. The highest BCUT2D eigenvalue weighted by atomic mass is 35.5. The number of hydrogen-bond donors (Lipinski definition) is 0. The SMILES string of the molecule is C=CC(C)(CCl)Cc1ncnn1CC(C)C. The molecule has 0 aliphatic rings. The van der Waals surface area contributed by atoms with Gasteiger partial charge in [0.05, 0.1) is 0 Å². The van der Waals surface area contributed by atoms with E-state index in [4.69, 9.17) is 11.6 Å². The van der Waals surface area contributed by atoms with Crippen LogP contribution in [-0.4, -0.2) is 20.6 Å². The minimum absolute atomic E-state index is 0.108. The average Bonchev–Trinajstić information content (AvgIpc) is 2.64. The topological polar surface area (TPSA) is 30.7 Å². The van der Waals surface area contributed by atoms with Crippen LogP contribution < -0.4 is 0 Å². The van der Waals surface area contributed by atoms with Gasteiger partial charge in [0.25, 0.3) is 0 Å². The molecular formula is C12H20ClN3. The maximum absolute atomic E-state index is 5.96. The maximum atomic E-state index is 5.96. The summed E-state index contributed by atoms with van der Waals surface area (Å²) >= 11 is 5.96. The van der Waals surface area contributed by atoms with Crippen LogP contribution in [0.3, 0.4) is 0 Å². The van der Waals surface area contributed by atoms with Gasteiger partial charge in [-0.25, -0.2) is 9.67 Å². The standard InChI is InChI=1S/C12H20ClN3/c1-5-12(4,8-13)6-11-14-9-15-16(11)7-10(2)3/h5,9-10H,1,6-8H2,2-4H3. The first-order chi connectivity index (χ1) is 7.50. The Morgan fingerprint density at radius 2 is 2.31 bits per heavy atom. The summed E-state index contributed by atoms with van der Waals surface area (Å²) in [6.45, 7) is 11.1. The van der Waals surface area contributed by atoms with E-state index in [1.54, 1.807) is 6.33 Å². The zero-order valence-corrected chi connectivity index (χ0v) is 11.0. The number of allylic oxidation sites excluding steroid dienone is 1. The fourth-order valence-corrected chi connectivity index (χ4v) is 1.66. The van der Waals surface area contributed by atoms with Crippen LogP contribution in [0, 0.1) is 11.3 Å². The van der Waals surface area contributed by atoms with E-state index in [2.05, 4.69) is 37.4 Å². The molecule has 0 bridgehead atoms. The van der Waals surface area contributed by atoms with E-state index in [0.29, 0.717) is 11.8 Å². The molecule has 1 aromatic heterocycles. The third-order valence-corrected chi connectivity index (χ3v) is 3.20. The lowest BCUT2D eigenvalue weighted by Crippen LogP contribution is -2.22.